The summed E-state index contributed by atoms with van der Waals surface area (Å²) in [4.78, 5) is 0. The third kappa shape index (κ3) is 3.76. The molecule has 1 heterocycles. The number of halogens is 2. The number of methoxy groups -OCH3 is 2. The molecule has 0 fully saturated rings. The maximum Gasteiger partial charge on any atom is 0.129 e. The van der Waals surface area contributed by atoms with Crippen LogP contribution < -0.4 is 9.47 Å². The van der Waals surface area contributed by atoms with Gasteiger partial charge in [-0.15, -0.1) is 0 Å². The van der Waals surface area contributed by atoms with Gasteiger partial charge in [0.1, 0.15) is 17.3 Å². The molecule has 1 aromatic heterocycles. The first-order valence-electron chi connectivity index (χ1n) is 9.40. The zero-order valence-corrected chi connectivity index (χ0v) is 17.4. The van der Waals surface area contributed by atoms with E-state index in [-0.39, 0.29) is 12.4 Å². The van der Waals surface area contributed by atoms with Crippen LogP contribution in [0.4, 0.5) is 4.39 Å². The van der Waals surface area contributed by atoms with Crippen molar-refractivity contribution in [3.8, 4) is 34.0 Å². The van der Waals surface area contributed by atoms with Crippen molar-refractivity contribution in [1.82, 2.24) is 9.78 Å². The first kappa shape index (κ1) is 20.0. The SMILES string of the molecule is COc1ccccc1-c1cc(-c2ccccc2OC)n(Cc2c(F)cccc2Cl)n1. The molecule has 4 nitrogen and oxygen atoms in total. The van der Waals surface area contributed by atoms with Gasteiger partial charge in [0.2, 0.25) is 0 Å². The van der Waals surface area contributed by atoms with E-state index in [9.17, 15) is 4.39 Å². The van der Waals surface area contributed by atoms with E-state index in [1.54, 1.807) is 31.0 Å². The van der Waals surface area contributed by atoms with Gasteiger partial charge >= 0.3 is 0 Å². The molecule has 6 heteroatoms. The van der Waals surface area contributed by atoms with E-state index in [0.717, 1.165) is 16.8 Å². The lowest BCUT2D eigenvalue weighted by Crippen LogP contribution is -2.07. The average Bonchev–Trinajstić information content (AvgIpc) is 3.19. The fourth-order valence-corrected chi connectivity index (χ4v) is 3.65. The summed E-state index contributed by atoms with van der Waals surface area (Å²) in [7, 11) is 3.24. The summed E-state index contributed by atoms with van der Waals surface area (Å²) in [6, 6.07) is 21.9. The van der Waals surface area contributed by atoms with Crippen molar-refractivity contribution < 1.29 is 13.9 Å². The van der Waals surface area contributed by atoms with E-state index in [1.807, 2.05) is 54.6 Å². The molecule has 0 bridgehead atoms. The third-order valence-corrected chi connectivity index (χ3v) is 5.27. The molecule has 0 aliphatic heterocycles. The van der Waals surface area contributed by atoms with E-state index in [4.69, 9.17) is 26.2 Å². The lowest BCUT2D eigenvalue weighted by atomic mass is 10.1. The van der Waals surface area contributed by atoms with E-state index in [0.29, 0.717) is 27.8 Å². The predicted octanol–water partition coefficient (Wildman–Crippen LogP) is 6.08. The van der Waals surface area contributed by atoms with Gasteiger partial charge in [-0.1, -0.05) is 41.9 Å². The Hall–Kier alpha value is -3.31. The van der Waals surface area contributed by atoms with Crippen LogP contribution in [0.5, 0.6) is 11.5 Å². The lowest BCUT2D eigenvalue weighted by Gasteiger charge is -2.12. The molecule has 3 aromatic carbocycles. The highest BCUT2D eigenvalue weighted by Crippen LogP contribution is 2.36. The number of rotatable bonds is 6. The summed E-state index contributed by atoms with van der Waals surface area (Å²) in [5.74, 6) is 1.03. The monoisotopic (exact) mass is 422 g/mol. The van der Waals surface area contributed by atoms with Crippen molar-refractivity contribution in [3.05, 3.63) is 89.2 Å². The average molecular weight is 423 g/mol. The molecule has 0 saturated carbocycles. The van der Waals surface area contributed by atoms with E-state index in [1.165, 1.54) is 6.07 Å². The molecule has 30 heavy (non-hydrogen) atoms. The molecule has 0 aliphatic rings. The number of benzene rings is 3. The smallest absolute Gasteiger partial charge is 0.129 e. The highest BCUT2D eigenvalue weighted by Gasteiger charge is 2.19. The molecule has 4 aromatic rings. The van der Waals surface area contributed by atoms with Crippen LogP contribution in [0.3, 0.4) is 0 Å². The summed E-state index contributed by atoms with van der Waals surface area (Å²) in [5, 5.41) is 5.13. The highest BCUT2D eigenvalue weighted by atomic mass is 35.5. The third-order valence-electron chi connectivity index (χ3n) is 4.92. The maximum absolute atomic E-state index is 14.5. The summed E-state index contributed by atoms with van der Waals surface area (Å²) in [5.41, 5.74) is 3.56. The quantitative estimate of drug-likeness (QED) is 0.378. The number of ether oxygens (including phenoxy) is 2. The van der Waals surface area contributed by atoms with Crippen molar-refractivity contribution >= 4 is 11.6 Å². The molecule has 0 atom stereocenters. The Morgan fingerprint density at radius 1 is 0.867 bits per heavy atom. The molecule has 0 spiro atoms. The van der Waals surface area contributed by atoms with Gasteiger partial charge in [-0.3, -0.25) is 4.68 Å². The largest absolute Gasteiger partial charge is 0.496 e. The molecule has 0 radical (unpaired) electrons. The summed E-state index contributed by atoms with van der Waals surface area (Å²) in [6.07, 6.45) is 0. The second kappa shape index (κ2) is 8.59. The Kier molecular flexibility index (Phi) is 5.72. The normalized spacial score (nSPS) is 10.8. The number of hydrogen-bond acceptors (Lipinski definition) is 3. The minimum Gasteiger partial charge on any atom is -0.496 e. The molecule has 0 amide bonds. The topological polar surface area (TPSA) is 36.3 Å². The zero-order chi connectivity index (χ0) is 21.1. The molecule has 4 rings (SSSR count). The van der Waals surface area contributed by atoms with Crippen LogP contribution in [-0.4, -0.2) is 24.0 Å². The standard InChI is InChI=1S/C24H20ClFN2O2/c1-29-23-12-5-3-8-16(23)21-14-22(17-9-4-6-13-24(17)30-2)28(27-21)15-18-19(25)10-7-11-20(18)26/h3-14H,15H2,1-2H3. The van der Waals surface area contributed by atoms with Crippen LogP contribution in [0, 0.1) is 5.82 Å². The van der Waals surface area contributed by atoms with Gasteiger partial charge in [0.25, 0.3) is 0 Å². The van der Waals surface area contributed by atoms with E-state index in [2.05, 4.69) is 0 Å². The number of aromatic nitrogens is 2. The number of nitrogens with zero attached hydrogens (tertiary/aromatic N) is 2. The Morgan fingerprint density at radius 2 is 1.50 bits per heavy atom. The molecular formula is C24H20ClFN2O2. The van der Waals surface area contributed by atoms with Crippen LogP contribution in [0.25, 0.3) is 22.5 Å². The first-order valence-corrected chi connectivity index (χ1v) is 9.77. The summed E-state index contributed by atoms with van der Waals surface area (Å²) < 4.78 is 27.3. The second-order valence-corrected chi connectivity index (χ2v) is 7.08. The summed E-state index contributed by atoms with van der Waals surface area (Å²) in [6.45, 7) is 0.175. The zero-order valence-electron chi connectivity index (χ0n) is 16.6. The van der Waals surface area contributed by atoms with Gasteiger partial charge in [0.05, 0.1) is 32.2 Å². The minimum absolute atomic E-state index is 0.175. The van der Waals surface area contributed by atoms with Gasteiger partial charge in [0.15, 0.2) is 0 Å². The number of para-hydroxylation sites is 2. The van der Waals surface area contributed by atoms with Crippen molar-refractivity contribution in [2.24, 2.45) is 0 Å². The van der Waals surface area contributed by atoms with E-state index < -0.39 is 0 Å². The van der Waals surface area contributed by atoms with Gasteiger partial charge < -0.3 is 9.47 Å². The highest BCUT2D eigenvalue weighted by molar-refractivity contribution is 6.31. The molecule has 152 valence electrons. The van der Waals surface area contributed by atoms with Gasteiger partial charge in [-0.2, -0.15) is 5.10 Å². The van der Waals surface area contributed by atoms with Gasteiger partial charge in [0, 0.05) is 21.7 Å². The molecule has 0 N–H and O–H groups in total. The lowest BCUT2D eigenvalue weighted by molar-refractivity contribution is 0.415. The van der Waals surface area contributed by atoms with Gasteiger partial charge in [-0.25, -0.2) is 4.39 Å². The fraction of sp³-hybridized carbons (Fsp3) is 0.125. The van der Waals surface area contributed by atoms with E-state index >= 15 is 0 Å². The van der Waals surface area contributed by atoms with Crippen molar-refractivity contribution in [1.29, 1.82) is 0 Å². The maximum atomic E-state index is 14.5. The van der Waals surface area contributed by atoms with Crippen molar-refractivity contribution in [2.45, 2.75) is 6.54 Å². The van der Waals surface area contributed by atoms with Crippen LogP contribution in [-0.2, 0) is 6.54 Å². The Morgan fingerprint density at radius 3 is 2.17 bits per heavy atom. The van der Waals surface area contributed by atoms with Crippen LogP contribution in [0.15, 0.2) is 72.8 Å². The Balaban J connectivity index is 1.90. The number of hydrogen-bond donors (Lipinski definition) is 0. The van der Waals surface area contributed by atoms with Gasteiger partial charge in [-0.05, 0) is 42.5 Å². The van der Waals surface area contributed by atoms with Crippen molar-refractivity contribution in [2.75, 3.05) is 14.2 Å². The van der Waals surface area contributed by atoms with Crippen LogP contribution >= 0.6 is 11.6 Å². The molecule has 0 aliphatic carbocycles. The fourth-order valence-electron chi connectivity index (χ4n) is 3.43. The minimum atomic E-state index is -0.372. The second-order valence-electron chi connectivity index (χ2n) is 6.67. The molecular weight excluding hydrogens is 403 g/mol. The van der Waals surface area contributed by atoms with Crippen molar-refractivity contribution in [3.63, 3.8) is 0 Å². The molecule has 0 saturated heterocycles. The van der Waals surface area contributed by atoms with Crippen LogP contribution in [0.1, 0.15) is 5.56 Å². The Labute approximate surface area is 179 Å². The first-order chi connectivity index (χ1) is 14.6. The summed E-state index contributed by atoms with van der Waals surface area (Å²) >= 11 is 6.28. The predicted molar refractivity (Wildman–Crippen MR) is 117 cm³/mol. The Bertz CT molecular complexity index is 1170. The van der Waals surface area contributed by atoms with Crippen LogP contribution in [0.2, 0.25) is 5.02 Å². The molecule has 0 unspecified atom stereocenters.